The largest absolute Gasteiger partial charge is 0.425 e. The molecule has 0 amide bonds. The minimum atomic E-state index is -0.784. The summed E-state index contributed by atoms with van der Waals surface area (Å²) in [7, 11) is 0. The van der Waals surface area contributed by atoms with Crippen LogP contribution in [-0.2, 0) is 19.1 Å². The lowest BCUT2D eigenvalue weighted by molar-refractivity contribution is -0.184. The number of rotatable bonds is 8. The summed E-state index contributed by atoms with van der Waals surface area (Å²) >= 11 is 0. The molecule has 0 unspecified atom stereocenters. The van der Waals surface area contributed by atoms with Crippen LogP contribution in [0.2, 0.25) is 0 Å². The monoisotopic (exact) mass is 256 g/mol. The van der Waals surface area contributed by atoms with Crippen molar-refractivity contribution in [1.29, 1.82) is 0 Å². The zero-order chi connectivity index (χ0) is 13.0. The second-order valence-electron chi connectivity index (χ2n) is 4.73. The molecule has 18 heavy (non-hydrogen) atoms. The summed E-state index contributed by atoms with van der Waals surface area (Å²) < 4.78 is 10.00. The van der Waals surface area contributed by atoms with E-state index in [1.165, 1.54) is 0 Å². The Balaban J connectivity index is 1.52. The van der Waals surface area contributed by atoms with E-state index in [1.807, 2.05) is 0 Å². The second kappa shape index (κ2) is 6.15. The first-order valence-electron chi connectivity index (χ1n) is 6.47. The molecule has 6 nitrogen and oxygen atoms in total. The predicted molar refractivity (Wildman–Crippen MR) is 63.8 cm³/mol. The molecule has 0 radical (unpaired) electrons. The average molecular weight is 256 g/mol. The maximum absolute atomic E-state index is 11.4. The van der Waals surface area contributed by atoms with Gasteiger partial charge in [0.05, 0.1) is 12.8 Å². The van der Waals surface area contributed by atoms with Crippen LogP contribution in [0.3, 0.4) is 0 Å². The summed E-state index contributed by atoms with van der Waals surface area (Å²) in [4.78, 5) is 27.1. The number of carbonyl (C=O) groups is 2. The van der Waals surface area contributed by atoms with Crippen LogP contribution < -0.4 is 0 Å². The molecule has 2 aliphatic heterocycles. The molecular weight excluding hydrogens is 236 g/mol. The lowest BCUT2D eigenvalue weighted by atomic mass is 10.4. The van der Waals surface area contributed by atoms with Crippen LogP contribution in [0, 0.1) is 0 Å². The fraction of sp³-hybridized carbons (Fsp3) is 0.833. The molecule has 0 aromatic carbocycles. The minimum absolute atomic E-state index is 0.312. The van der Waals surface area contributed by atoms with Gasteiger partial charge in [0.15, 0.2) is 0 Å². The van der Waals surface area contributed by atoms with Gasteiger partial charge in [-0.1, -0.05) is 0 Å². The molecule has 0 saturated carbocycles. The number of carbonyl (C=O) groups excluding carboxylic acids is 2. The Morgan fingerprint density at radius 1 is 0.944 bits per heavy atom. The average Bonchev–Trinajstić information content (AvgIpc) is 3.16. The molecule has 0 bridgehead atoms. The quantitative estimate of drug-likeness (QED) is 0.341. The van der Waals surface area contributed by atoms with Crippen LogP contribution in [0.5, 0.6) is 0 Å². The Morgan fingerprint density at radius 3 is 1.67 bits per heavy atom. The van der Waals surface area contributed by atoms with E-state index in [1.54, 1.807) is 6.92 Å². The molecule has 0 aromatic rings. The van der Waals surface area contributed by atoms with Crippen molar-refractivity contribution in [2.45, 2.75) is 26.1 Å². The maximum Gasteiger partial charge on any atom is 0.310 e. The fourth-order valence-electron chi connectivity index (χ4n) is 1.60. The highest BCUT2D eigenvalue weighted by Gasteiger charge is 2.21. The molecule has 0 atom stereocenters. The Labute approximate surface area is 107 Å². The first-order chi connectivity index (χ1) is 8.63. The van der Waals surface area contributed by atoms with Crippen molar-refractivity contribution in [3.05, 3.63) is 0 Å². The van der Waals surface area contributed by atoms with E-state index in [0.717, 1.165) is 39.3 Å². The van der Waals surface area contributed by atoms with E-state index in [0.29, 0.717) is 12.8 Å². The normalized spacial score (nSPS) is 18.8. The van der Waals surface area contributed by atoms with Crippen molar-refractivity contribution in [2.24, 2.45) is 0 Å². The lowest BCUT2D eigenvalue weighted by Gasteiger charge is -2.14. The lowest BCUT2D eigenvalue weighted by Crippen LogP contribution is -2.23. The fourth-order valence-corrected chi connectivity index (χ4v) is 1.60. The Hall–Kier alpha value is -1.14. The van der Waals surface area contributed by atoms with Gasteiger partial charge in [-0.15, -0.1) is 0 Å². The number of ether oxygens (including phenoxy) is 2. The van der Waals surface area contributed by atoms with Crippen LogP contribution in [0.25, 0.3) is 0 Å². The van der Waals surface area contributed by atoms with E-state index in [4.69, 9.17) is 9.47 Å². The van der Waals surface area contributed by atoms with Gasteiger partial charge in [0.25, 0.3) is 0 Å². The van der Waals surface area contributed by atoms with E-state index < -0.39 is 6.29 Å². The number of esters is 2. The topological polar surface area (TPSA) is 58.6 Å². The van der Waals surface area contributed by atoms with Crippen molar-refractivity contribution in [3.63, 3.8) is 0 Å². The van der Waals surface area contributed by atoms with Gasteiger partial charge in [0, 0.05) is 46.2 Å². The zero-order valence-corrected chi connectivity index (χ0v) is 10.8. The first kappa shape index (κ1) is 13.3. The Morgan fingerprint density at radius 2 is 1.33 bits per heavy atom. The predicted octanol–water partition coefficient (Wildman–Crippen LogP) is -0.170. The van der Waals surface area contributed by atoms with Gasteiger partial charge < -0.3 is 19.3 Å². The Kier molecular flexibility index (Phi) is 4.54. The summed E-state index contributed by atoms with van der Waals surface area (Å²) in [6.45, 7) is 7.29. The highest BCUT2D eigenvalue weighted by Crippen LogP contribution is 2.07. The van der Waals surface area contributed by atoms with Crippen LogP contribution in [0.1, 0.15) is 19.8 Å². The van der Waals surface area contributed by atoms with Crippen LogP contribution in [-0.4, -0.2) is 67.3 Å². The molecule has 6 heteroatoms. The van der Waals surface area contributed by atoms with Crippen LogP contribution >= 0.6 is 0 Å². The number of hydrogen-bond acceptors (Lipinski definition) is 6. The SMILES string of the molecule is CC(OC(=O)CCN1CC1)OC(=O)CCN1CC1. The van der Waals surface area contributed by atoms with E-state index in [-0.39, 0.29) is 11.9 Å². The van der Waals surface area contributed by atoms with E-state index in [2.05, 4.69) is 9.80 Å². The summed E-state index contributed by atoms with van der Waals surface area (Å²) in [6, 6.07) is 0. The highest BCUT2D eigenvalue weighted by atomic mass is 16.7. The maximum atomic E-state index is 11.4. The van der Waals surface area contributed by atoms with E-state index in [9.17, 15) is 9.59 Å². The van der Waals surface area contributed by atoms with Crippen molar-refractivity contribution >= 4 is 11.9 Å². The first-order valence-corrected chi connectivity index (χ1v) is 6.47. The van der Waals surface area contributed by atoms with Gasteiger partial charge in [0.2, 0.25) is 6.29 Å². The van der Waals surface area contributed by atoms with Gasteiger partial charge >= 0.3 is 11.9 Å². The molecule has 0 aliphatic carbocycles. The van der Waals surface area contributed by atoms with Gasteiger partial charge in [0.1, 0.15) is 0 Å². The smallest absolute Gasteiger partial charge is 0.310 e. The summed E-state index contributed by atoms with van der Waals surface area (Å²) in [5.41, 5.74) is 0. The summed E-state index contributed by atoms with van der Waals surface area (Å²) in [6.07, 6.45) is -0.0703. The molecule has 2 fully saturated rings. The Bertz CT molecular complexity index is 283. The summed E-state index contributed by atoms with van der Waals surface area (Å²) in [5, 5.41) is 0. The van der Waals surface area contributed by atoms with Crippen LogP contribution in [0.15, 0.2) is 0 Å². The molecular formula is C12H20N2O4. The minimum Gasteiger partial charge on any atom is -0.425 e. The molecule has 2 heterocycles. The zero-order valence-electron chi connectivity index (χ0n) is 10.8. The van der Waals surface area contributed by atoms with Gasteiger partial charge in [-0.2, -0.15) is 0 Å². The third kappa shape index (κ3) is 5.46. The van der Waals surface area contributed by atoms with Gasteiger partial charge in [-0.3, -0.25) is 9.59 Å². The van der Waals surface area contributed by atoms with Crippen molar-refractivity contribution in [1.82, 2.24) is 9.80 Å². The molecule has 2 aliphatic rings. The van der Waals surface area contributed by atoms with Crippen molar-refractivity contribution in [2.75, 3.05) is 39.3 Å². The van der Waals surface area contributed by atoms with Crippen molar-refractivity contribution < 1.29 is 19.1 Å². The number of nitrogens with zero attached hydrogens (tertiary/aromatic N) is 2. The summed E-state index contributed by atoms with van der Waals surface area (Å²) in [5.74, 6) is -0.624. The van der Waals surface area contributed by atoms with Gasteiger partial charge in [-0.05, 0) is 0 Å². The van der Waals surface area contributed by atoms with Crippen LogP contribution in [0.4, 0.5) is 0 Å². The second-order valence-corrected chi connectivity index (χ2v) is 4.73. The standard InChI is InChI=1S/C12H20N2O4/c1-10(17-11(15)2-4-13-6-7-13)18-12(16)3-5-14-8-9-14/h10H,2-9H2,1H3. The third-order valence-electron chi connectivity index (χ3n) is 2.94. The third-order valence-corrected chi connectivity index (χ3v) is 2.94. The molecule has 2 saturated heterocycles. The number of hydrogen-bond donors (Lipinski definition) is 0. The van der Waals surface area contributed by atoms with Gasteiger partial charge in [-0.25, -0.2) is 0 Å². The molecule has 2 rings (SSSR count). The molecule has 102 valence electrons. The van der Waals surface area contributed by atoms with Crippen molar-refractivity contribution in [3.8, 4) is 0 Å². The molecule has 0 spiro atoms. The highest BCUT2D eigenvalue weighted by molar-refractivity contribution is 5.71. The van der Waals surface area contributed by atoms with E-state index >= 15 is 0 Å². The molecule has 0 aromatic heterocycles. The molecule has 0 N–H and O–H groups in total.